The van der Waals surface area contributed by atoms with Crippen molar-refractivity contribution in [1.29, 1.82) is 0 Å². The Morgan fingerprint density at radius 3 is 2.25 bits per heavy atom. The Morgan fingerprint density at radius 2 is 1.81 bits per heavy atom. The molecule has 0 amide bonds. The van der Waals surface area contributed by atoms with Crippen LogP contribution in [0.2, 0.25) is 0 Å². The predicted molar refractivity (Wildman–Crippen MR) is 65.5 cm³/mol. The number of aldehydes is 1. The third kappa shape index (κ3) is 9.43. The molecule has 0 aliphatic rings. The van der Waals surface area contributed by atoms with Gasteiger partial charge in [-0.1, -0.05) is 12.2 Å². The van der Waals surface area contributed by atoms with Crippen molar-refractivity contribution in [2.24, 2.45) is 0 Å². The summed E-state index contributed by atoms with van der Waals surface area (Å²) in [6, 6.07) is 0. The van der Waals surface area contributed by atoms with Crippen LogP contribution in [0.3, 0.4) is 0 Å². The lowest BCUT2D eigenvalue weighted by atomic mass is 10.3. The smallest absolute Gasteiger partial charge is 0.307 e. The lowest BCUT2D eigenvalue weighted by Crippen LogP contribution is -2.28. The molecule has 0 saturated heterocycles. The van der Waals surface area contributed by atoms with Gasteiger partial charge in [-0.2, -0.15) is 0 Å². The van der Waals surface area contributed by atoms with E-state index in [1.54, 1.807) is 12.2 Å². The van der Waals surface area contributed by atoms with Gasteiger partial charge in [-0.05, 0) is 0 Å². The Balaban J connectivity index is 0. The molecule has 0 heterocycles. The summed E-state index contributed by atoms with van der Waals surface area (Å²) in [4.78, 5) is 22.9. The minimum absolute atomic E-state index is 0. The van der Waals surface area contributed by atoms with Crippen LogP contribution in [0.15, 0.2) is 25.3 Å². The zero-order valence-electron chi connectivity index (χ0n) is 9.26. The summed E-state index contributed by atoms with van der Waals surface area (Å²) < 4.78 is 4.94. The number of halogens is 1. The number of ether oxygens (including phenoxy) is 1. The van der Waals surface area contributed by atoms with E-state index in [1.807, 2.05) is 4.90 Å². The van der Waals surface area contributed by atoms with E-state index < -0.39 is 0 Å². The van der Waals surface area contributed by atoms with E-state index in [2.05, 4.69) is 13.2 Å². The van der Waals surface area contributed by atoms with Crippen molar-refractivity contribution in [3.05, 3.63) is 25.3 Å². The molecule has 0 aromatic heterocycles. The normalized spacial score (nSPS) is 9.06. The van der Waals surface area contributed by atoms with Crippen LogP contribution in [0.4, 0.5) is 0 Å². The van der Waals surface area contributed by atoms with E-state index in [1.165, 1.54) is 0 Å². The largest absolute Gasteiger partial charge is 0.449 e. The summed E-state index contributed by atoms with van der Waals surface area (Å²) in [5.41, 5.74) is 0. The van der Waals surface area contributed by atoms with Crippen LogP contribution in [0, 0.1) is 0 Å². The van der Waals surface area contributed by atoms with Gasteiger partial charge in [0, 0.05) is 19.5 Å². The number of carbonyl (C=O) groups is 2. The zero-order valence-corrected chi connectivity index (χ0v) is 10.1. The maximum absolute atomic E-state index is 11.1. The second kappa shape index (κ2) is 11.9. The molecule has 16 heavy (non-hydrogen) atoms. The average molecular weight is 248 g/mol. The first kappa shape index (κ1) is 17.3. The minimum atomic E-state index is -0.361. The summed E-state index contributed by atoms with van der Waals surface area (Å²) in [5.74, 6) is -0.361. The molecule has 4 nitrogen and oxygen atoms in total. The highest BCUT2D eigenvalue weighted by Gasteiger charge is 2.05. The van der Waals surface area contributed by atoms with Crippen LogP contribution >= 0.6 is 12.4 Å². The highest BCUT2D eigenvalue weighted by molar-refractivity contribution is 5.85. The maximum Gasteiger partial charge on any atom is 0.307 e. The quantitative estimate of drug-likeness (QED) is 0.269. The number of carbonyl (C=O) groups excluding carboxylic acids is 2. The molecule has 0 atom stereocenters. The minimum Gasteiger partial charge on any atom is -0.449 e. The van der Waals surface area contributed by atoms with Crippen molar-refractivity contribution < 1.29 is 14.3 Å². The van der Waals surface area contributed by atoms with Crippen LogP contribution in [-0.4, -0.2) is 37.0 Å². The van der Waals surface area contributed by atoms with Crippen molar-refractivity contribution in [3.8, 4) is 0 Å². The molecule has 0 aromatic carbocycles. The third-order valence-corrected chi connectivity index (χ3v) is 1.65. The van der Waals surface area contributed by atoms with E-state index in [4.69, 9.17) is 4.74 Å². The van der Waals surface area contributed by atoms with Crippen LogP contribution < -0.4 is 0 Å². The maximum atomic E-state index is 11.1. The fourth-order valence-electron chi connectivity index (χ4n) is 0.957. The highest BCUT2D eigenvalue weighted by atomic mass is 35.5. The summed E-state index contributed by atoms with van der Waals surface area (Å²) >= 11 is 0. The van der Waals surface area contributed by atoms with Gasteiger partial charge >= 0.3 is 5.97 Å². The summed E-state index contributed by atoms with van der Waals surface area (Å²) in [6.45, 7) is 8.66. The second-order valence-corrected chi connectivity index (χ2v) is 2.96. The number of nitrogens with zero attached hydrogens (tertiary/aromatic N) is 1. The second-order valence-electron chi connectivity index (χ2n) is 2.96. The number of hydrogen-bond donors (Lipinski definition) is 0. The highest BCUT2D eigenvalue weighted by Crippen LogP contribution is 1.94. The SMILES string of the molecule is C=CCN(CC=C)COC(=O)CCC=O.Cl. The molecule has 0 aliphatic heterocycles. The van der Waals surface area contributed by atoms with Gasteiger partial charge in [0.25, 0.3) is 0 Å². The Bertz CT molecular complexity index is 221. The summed E-state index contributed by atoms with van der Waals surface area (Å²) in [5, 5.41) is 0. The van der Waals surface area contributed by atoms with E-state index >= 15 is 0 Å². The number of esters is 1. The third-order valence-electron chi connectivity index (χ3n) is 1.65. The Kier molecular flexibility index (Phi) is 12.9. The first-order valence-corrected chi connectivity index (χ1v) is 4.78. The molecule has 0 fully saturated rings. The van der Waals surface area contributed by atoms with Crippen LogP contribution in [0.25, 0.3) is 0 Å². The van der Waals surface area contributed by atoms with Crippen molar-refractivity contribution in [2.75, 3.05) is 19.8 Å². The molecule has 0 saturated carbocycles. The fraction of sp³-hybridized carbons (Fsp3) is 0.455. The van der Waals surface area contributed by atoms with Crippen molar-refractivity contribution in [2.45, 2.75) is 12.8 Å². The molecular weight excluding hydrogens is 230 g/mol. The Hall–Kier alpha value is -1.13. The predicted octanol–water partition coefficient (Wildman–Crippen LogP) is 1.56. The Morgan fingerprint density at radius 1 is 1.25 bits per heavy atom. The molecule has 92 valence electrons. The van der Waals surface area contributed by atoms with E-state index in [0.29, 0.717) is 19.4 Å². The van der Waals surface area contributed by atoms with Crippen molar-refractivity contribution in [1.82, 2.24) is 4.90 Å². The van der Waals surface area contributed by atoms with Gasteiger partial charge in [0.2, 0.25) is 0 Å². The van der Waals surface area contributed by atoms with Gasteiger partial charge in [-0.25, -0.2) is 0 Å². The van der Waals surface area contributed by atoms with Gasteiger partial charge in [0.15, 0.2) is 0 Å². The first-order chi connectivity index (χ1) is 7.24. The summed E-state index contributed by atoms with van der Waals surface area (Å²) in [7, 11) is 0. The lowest BCUT2D eigenvalue weighted by molar-refractivity contribution is -0.148. The number of rotatable bonds is 9. The molecule has 0 N–H and O–H groups in total. The zero-order chi connectivity index (χ0) is 11.5. The average Bonchev–Trinajstić information content (AvgIpc) is 2.23. The van der Waals surface area contributed by atoms with E-state index in [-0.39, 0.29) is 37.9 Å². The molecule has 0 bridgehead atoms. The Labute approximate surface area is 102 Å². The van der Waals surface area contributed by atoms with Crippen LogP contribution in [0.5, 0.6) is 0 Å². The van der Waals surface area contributed by atoms with Crippen LogP contribution in [0.1, 0.15) is 12.8 Å². The van der Waals surface area contributed by atoms with Gasteiger partial charge in [-0.15, -0.1) is 25.6 Å². The molecule has 5 heteroatoms. The lowest BCUT2D eigenvalue weighted by Gasteiger charge is -2.17. The van der Waals surface area contributed by atoms with Crippen molar-refractivity contribution in [3.63, 3.8) is 0 Å². The molecule has 0 radical (unpaired) electrons. The first-order valence-electron chi connectivity index (χ1n) is 4.78. The van der Waals surface area contributed by atoms with Gasteiger partial charge in [0.05, 0.1) is 6.42 Å². The monoisotopic (exact) mass is 247 g/mol. The van der Waals surface area contributed by atoms with Gasteiger partial charge in [0.1, 0.15) is 13.0 Å². The molecule has 0 unspecified atom stereocenters. The molecule has 0 spiro atoms. The molecule has 0 aliphatic carbocycles. The summed E-state index contributed by atoms with van der Waals surface area (Å²) in [6.07, 6.45) is 4.50. The fourth-order valence-corrected chi connectivity index (χ4v) is 0.957. The van der Waals surface area contributed by atoms with Crippen molar-refractivity contribution >= 4 is 24.7 Å². The van der Waals surface area contributed by atoms with E-state index in [9.17, 15) is 9.59 Å². The molecule has 0 rings (SSSR count). The van der Waals surface area contributed by atoms with Gasteiger partial charge in [-0.3, -0.25) is 9.69 Å². The standard InChI is InChI=1S/C11H17NO3.ClH/c1-3-7-12(8-4-2)10-15-11(14)6-5-9-13;/h3-4,9H,1-2,5-8,10H2;1H. The molecular formula is C11H18ClNO3. The molecule has 0 aromatic rings. The number of hydrogen-bond acceptors (Lipinski definition) is 4. The van der Waals surface area contributed by atoms with E-state index in [0.717, 1.165) is 0 Å². The van der Waals surface area contributed by atoms with Crippen LogP contribution in [-0.2, 0) is 14.3 Å². The topological polar surface area (TPSA) is 46.6 Å². The van der Waals surface area contributed by atoms with Gasteiger partial charge < -0.3 is 9.53 Å².